The van der Waals surface area contributed by atoms with E-state index in [0.29, 0.717) is 59.1 Å². The molecule has 0 spiro atoms. The number of hydrogen-bond acceptors (Lipinski definition) is 5. The van der Waals surface area contributed by atoms with Gasteiger partial charge in [-0.25, -0.2) is 9.37 Å². The average molecular weight is 535 g/mol. The maximum Gasteiger partial charge on any atom is 0.277 e. The molecule has 0 bridgehead atoms. The molecular formula is C29H28ClFN4O3. The van der Waals surface area contributed by atoms with Gasteiger partial charge in [-0.15, -0.1) is 0 Å². The summed E-state index contributed by atoms with van der Waals surface area (Å²) in [6.45, 7) is 4.72. The highest BCUT2D eigenvalue weighted by Gasteiger charge is 2.29. The molecule has 0 N–H and O–H groups in total. The summed E-state index contributed by atoms with van der Waals surface area (Å²) in [4.78, 5) is 30.2. The number of ether oxygens (including phenoxy) is 1. The monoisotopic (exact) mass is 534 g/mol. The number of rotatable bonds is 5. The minimum atomic E-state index is -0.494. The summed E-state index contributed by atoms with van der Waals surface area (Å²) in [5.74, 6) is 0.0480. The molecule has 0 unspecified atom stereocenters. The Balaban J connectivity index is 1.42. The van der Waals surface area contributed by atoms with Crippen LogP contribution in [0.4, 0.5) is 4.39 Å². The van der Waals surface area contributed by atoms with Crippen LogP contribution in [0, 0.1) is 25.6 Å². The molecule has 1 aliphatic carbocycles. The third-order valence-electron chi connectivity index (χ3n) is 7.73. The smallest absolute Gasteiger partial charge is 0.277 e. The number of pyridine rings is 1. The second kappa shape index (κ2) is 9.75. The van der Waals surface area contributed by atoms with Gasteiger partial charge in [-0.1, -0.05) is 11.6 Å². The Bertz CT molecular complexity index is 1680. The van der Waals surface area contributed by atoms with E-state index in [0.717, 1.165) is 24.9 Å². The topological polar surface area (TPSA) is 78.5 Å². The first kappa shape index (κ1) is 24.9. The SMILES string of the molecule is Cc1nc2c(-c3ccc(Cl)cc3F)cc([C@@H]3CCO[C@H](c4ccc(=O)n(CC5CC5)c4)C3)nn2c(=O)c1C. The van der Waals surface area contributed by atoms with Crippen LogP contribution in [0.15, 0.2) is 52.2 Å². The Hall–Kier alpha value is -3.36. The predicted octanol–water partition coefficient (Wildman–Crippen LogP) is 5.37. The summed E-state index contributed by atoms with van der Waals surface area (Å²) in [7, 11) is 0. The fourth-order valence-electron chi connectivity index (χ4n) is 5.19. The molecule has 0 amide bonds. The Morgan fingerprint density at radius 1 is 1.08 bits per heavy atom. The van der Waals surface area contributed by atoms with E-state index >= 15 is 4.39 Å². The molecule has 6 rings (SSSR count). The molecule has 38 heavy (non-hydrogen) atoms. The summed E-state index contributed by atoms with van der Waals surface area (Å²) in [6.07, 6.45) is 5.34. The van der Waals surface area contributed by atoms with Crippen molar-refractivity contribution in [2.24, 2.45) is 5.92 Å². The largest absolute Gasteiger partial charge is 0.373 e. The van der Waals surface area contributed by atoms with Crippen LogP contribution in [0.25, 0.3) is 16.8 Å². The molecule has 2 fully saturated rings. The standard InChI is InChI=1S/C29H28ClFN4O3/c1-16-17(2)32-28-23(22-7-6-21(30)12-24(22)31)13-25(33-35(28)29(16)37)19-9-10-38-26(11-19)20-5-8-27(36)34(15-20)14-18-3-4-18/h5-8,12-13,15,18-19,26H,3-4,9-11,14H2,1-2H3/t19-,26+/m1/s1. The molecule has 1 saturated carbocycles. The van der Waals surface area contributed by atoms with Crippen LogP contribution >= 0.6 is 11.6 Å². The molecule has 196 valence electrons. The fraction of sp³-hybridized carbons (Fsp3) is 0.379. The van der Waals surface area contributed by atoms with Crippen molar-refractivity contribution in [1.29, 1.82) is 0 Å². The van der Waals surface area contributed by atoms with E-state index in [9.17, 15) is 9.59 Å². The summed E-state index contributed by atoms with van der Waals surface area (Å²) in [5, 5.41) is 5.01. The molecular weight excluding hydrogens is 507 g/mol. The Morgan fingerprint density at radius 2 is 1.89 bits per heavy atom. The van der Waals surface area contributed by atoms with Crippen LogP contribution in [-0.2, 0) is 11.3 Å². The van der Waals surface area contributed by atoms with Crippen molar-refractivity contribution in [3.8, 4) is 11.1 Å². The van der Waals surface area contributed by atoms with E-state index in [1.807, 2.05) is 18.3 Å². The first-order chi connectivity index (χ1) is 18.3. The minimum Gasteiger partial charge on any atom is -0.373 e. The van der Waals surface area contributed by atoms with Crippen molar-refractivity contribution < 1.29 is 9.13 Å². The van der Waals surface area contributed by atoms with Crippen LogP contribution in [0.3, 0.4) is 0 Å². The molecule has 9 heteroatoms. The van der Waals surface area contributed by atoms with Crippen LogP contribution in [0.1, 0.15) is 60.2 Å². The highest BCUT2D eigenvalue weighted by atomic mass is 35.5. The Kier molecular flexibility index (Phi) is 6.40. The van der Waals surface area contributed by atoms with Crippen molar-refractivity contribution in [3.05, 3.63) is 96.7 Å². The van der Waals surface area contributed by atoms with Crippen LogP contribution in [-0.4, -0.2) is 25.8 Å². The van der Waals surface area contributed by atoms with Crippen molar-refractivity contribution in [3.63, 3.8) is 0 Å². The van der Waals surface area contributed by atoms with Gasteiger partial charge in [-0.2, -0.15) is 9.61 Å². The van der Waals surface area contributed by atoms with Crippen molar-refractivity contribution in [2.45, 2.75) is 58.1 Å². The quantitative estimate of drug-likeness (QED) is 0.344. The van der Waals surface area contributed by atoms with Crippen LogP contribution in [0.5, 0.6) is 0 Å². The van der Waals surface area contributed by atoms with E-state index in [2.05, 4.69) is 4.98 Å². The second-order valence-corrected chi connectivity index (χ2v) is 10.9. The zero-order valence-corrected chi connectivity index (χ0v) is 22.0. The molecule has 2 atom stereocenters. The lowest BCUT2D eigenvalue weighted by Crippen LogP contribution is -2.26. The highest BCUT2D eigenvalue weighted by Crippen LogP contribution is 2.39. The van der Waals surface area contributed by atoms with Gasteiger partial charge in [0.1, 0.15) is 5.82 Å². The highest BCUT2D eigenvalue weighted by molar-refractivity contribution is 6.30. The van der Waals surface area contributed by atoms with Crippen LogP contribution < -0.4 is 11.1 Å². The molecule has 7 nitrogen and oxygen atoms in total. The van der Waals surface area contributed by atoms with Crippen molar-refractivity contribution in [1.82, 2.24) is 19.2 Å². The lowest BCUT2D eigenvalue weighted by Gasteiger charge is -2.30. The number of aryl methyl sites for hydroxylation is 1. The molecule has 1 aliphatic heterocycles. The van der Waals surface area contributed by atoms with Crippen LogP contribution in [0.2, 0.25) is 5.02 Å². The van der Waals surface area contributed by atoms with E-state index in [-0.39, 0.29) is 28.2 Å². The van der Waals surface area contributed by atoms with Gasteiger partial charge < -0.3 is 9.30 Å². The number of fused-ring (bicyclic) bond motifs is 1. The zero-order valence-electron chi connectivity index (χ0n) is 21.3. The molecule has 4 heterocycles. The van der Waals surface area contributed by atoms with Gasteiger partial charge in [0.25, 0.3) is 11.1 Å². The van der Waals surface area contributed by atoms with Gasteiger partial charge in [0.05, 0.1) is 11.8 Å². The first-order valence-corrected chi connectivity index (χ1v) is 13.3. The molecule has 0 radical (unpaired) electrons. The number of benzene rings is 1. The second-order valence-electron chi connectivity index (χ2n) is 10.4. The maximum absolute atomic E-state index is 15.1. The van der Waals surface area contributed by atoms with E-state index < -0.39 is 5.82 Å². The minimum absolute atomic E-state index is 0.00335. The fourth-order valence-corrected chi connectivity index (χ4v) is 5.35. The lowest BCUT2D eigenvalue weighted by molar-refractivity contribution is 0.00406. The van der Waals surface area contributed by atoms with E-state index in [4.69, 9.17) is 21.4 Å². The van der Waals surface area contributed by atoms with Gasteiger partial charge in [0.15, 0.2) is 5.65 Å². The van der Waals surface area contributed by atoms with E-state index in [1.165, 1.54) is 10.6 Å². The van der Waals surface area contributed by atoms with Gasteiger partial charge >= 0.3 is 0 Å². The lowest BCUT2D eigenvalue weighted by atomic mass is 9.89. The summed E-state index contributed by atoms with van der Waals surface area (Å²) < 4.78 is 24.3. The molecule has 1 aromatic carbocycles. The third-order valence-corrected chi connectivity index (χ3v) is 7.97. The summed E-state index contributed by atoms with van der Waals surface area (Å²) in [6, 6.07) is 9.76. The van der Waals surface area contributed by atoms with Gasteiger partial charge in [0, 0.05) is 58.7 Å². The average Bonchev–Trinajstić information content (AvgIpc) is 3.73. The van der Waals surface area contributed by atoms with Crippen molar-refractivity contribution >= 4 is 17.2 Å². The zero-order chi connectivity index (χ0) is 26.6. The number of hydrogen-bond donors (Lipinski definition) is 0. The first-order valence-electron chi connectivity index (χ1n) is 13.0. The molecule has 2 aliphatic rings. The normalized spacial score (nSPS) is 19.7. The Labute approximate surface area is 223 Å². The predicted molar refractivity (Wildman–Crippen MR) is 143 cm³/mol. The van der Waals surface area contributed by atoms with Crippen molar-refractivity contribution in [2.75, 3.05) is 6.61 Å². The molecule has 3 aromatic heterocycles. The van der Waals surface area contributed by atoms with Gasteiger partial charge in [0.2, 0.25) is 0 Å². The molecule has 4 aromatic rings. The maximum atomic E-state index is 15.1. The molecule has 1 saturated heterocycles. The summed E-state index contributed by atoms with van der Waals surface area (Å²) in [5.41, 5.74) is 3.52. The van der Waals surface area contributed by atoms with E-state index in [1.54, 1.807) is 36.6 Å². The number of nitrogens with zero attached hydrogens (tertiary/aromatic N) is 4. The summed E-state index contributed by atoms with van der Waals surface area (Å²) >= 11 is 6.01. The number of halogens is 2. The third kappa shape index (κ3) is 4.67. The van der Waals surface area contributed by atoms with Gasteiger partial charge in [-0.3, -0.25) is 9.59 Å². The Morgan fingerprint density at radius 3 is 2.66 bits per heavy atom. The number of aromatic nitrogens is 4. The van der Waals surface area contributed by atoms with Gasteiger partial charge in [-0.05, 0) is 81.3 Å².